The predicted molar refractivity (Wildman–Crippen MR) is 178 cm³/mol. The van der Waals surface area contributed by atoms with Crippen LogP contribution in [0, 0.1) is 13.8 Å². The molecule has 0 bridgehead atoms. The molecule has 2 heterocycles. The van der Waals surface area contributed by atoms with E-state index in [0.717, 1.165) is 53.9 Å². The van der Waals surface area contributed by atoms with Crippen LogP contribution in [0.5, 0.6) is 0 Å². The van der Waals surface area contributed by atoms with E-state index in [9.17, 15) is 13.2 Å². The van der Waals surface area contributed by atoms with Crippen molar-refractivity contribution in [1.29, 1.82) is 0 Å². The molecule has 0 aliphatic carbocycles. The highest BCUT2D eigenvalue weighted by Crippen LogP contribution is 2.52. The fraction of sp³-hybridized carbons (Fsp3) is 0.441. The molecule has 6 nitrogen and oxygen atoms in total. The summed E-state index contributed by atoms with van der Waals surface area (Å²) in [6, 6.07) is 19.7. The smallest absolute Gasteiger partial charge is 0.253 e. The molecule has 2 atom stereocenters. The quantitative estimate of drug-likeness (QED) is 0.280. The number of sulfone groups is 1. The summed E-state index contributed by atoms with van der Waals surface area (Å²) in [5, 5.41) is 3.71. The van der Waals surface area contributed by atoms with Crippen molar-refractivity contribution in [2.24, 2.45) is 0 Å². The lowest BCUT2D eigenvalue weighted by Crippen LogP contribution is -2.54. The number of fused-ring (bicyclic) bond motifs is 2. The number of aryl methyl sites for hydroxylation is 2. The number of carbonyl (C=O) groups excluding carboxylic acids is 1. The van der Waals surface area contributed by atoms with Crippen LogP contribution in [0.3, 0.4) is 0 Å². The average molecular weight is 643 g/mol. The second-order valence-electron chi connectivity index (χ2n) is 12.2. The van der Waals surface area contributed by atoms with Gasteiger partial charge < -0.3 is 15.1 Å². The lowest BCUT2D eigenvalue weighted by molar-refractivity contribution is 0.0752. The Kier molecular flexibility index (Phi) is 9.48. The summed E-state index contributed by atoms with van der Waals surface area (Å²) in [6.45, 7) is 9.08. The minimum absolute atomic E-state index is 0.0199. The van der Waals surface area contributed by atoms with Gasteiger partial charge in [-0.25, -0.2) is 8.42 Å². The molecule has 2 aliphatic rings. The van der Waals surface area contributed by atoms with Gasteiger partial charge in [0.25, 0.3) is 5.91 Å². The second-order valence-corrected chi connectivity index (χ2v) is 15.1. The monoisotopic (exact) mass is 641 g/mol. The Labute approximate surface area is 266 Å². The molecular weight excluding hydrogens is 601 g/mol. The summed E-state index contributed by atoms with van der Waals surface area (Å²) in [5.74, 6) is -0.116. The molecule has 2 aliphatic heterocycles. The summed E-state index contributed by atoms with van der Waals surface area (Å²) < 4.78 is 27.1. The van der Waals surface area contributed by atoms with Crippen molar-refractivity contribution in [3.8, 4) is 0 Å². The number of carbonyl (C=O) groups is 1. The Morgan fingerprint density at radius 1 is 1.02 bits per heavy atom. The summed E-state index contributed by atoms with van der Waals surface area (Å²) in [4.78, 5) is 17.8. The first-order chi connectivity index (χ1) is 20.4. The van der Waals surface area contributed by atoms with Crippen molar-refractivity contribution in [1.82, 2.24) is 10.2 Å². The number of likely N-dealkylation sites (N-methyl/N-ethyl adjacent to an activating group) is 1. The third-order valence-corrected chi connectivity index (χ3v) is 11.4. The van der Waals surface area contributed by atoms with E-state index in [2.05, 4.69) is 28.4 Å². The molecule has 230 valence electrons. The largest absolute Gasteiger partial charge is 0.354 e. The Hall–Kier alpha value is -2.58. The van der Waals surface area contributed by atoms with Crippen molar-refractivity contribution < 1.29 is 13.2 Å². The van der Waals surface area contributed by atoms with Gasteiger partial charge in [0.1, 0.15) is 5.37 Å². The lowest BCUT2D eigenvalue weighted by atomic mass is 9.74. The van der Waals surface area contributed by atoms with Gasteiger partial charge in [-0.2, -0.15) is 0 Å². The molecule has 1 N–H and O–H groups in total. The Bertz CT molecular complexity index is 1580. The number of hydrogen-bond donors (Lipinski definition) is 1. The number of rotatable bonds is 9. The highest BCUT2D eigenvalue weighted by Gasteiger charge is 2.55. The highest BCUT2D eigenvalue weighted by molar-refractivity contribution is 7.91. The van der Waals surface area contributed by atoms with Gasteiger partial charge in [0.2, 0.25) is 0 Å². The number of amides is 1. The predicted octanol–water partition coefficient (Wildman–Crippen LogP) is 6.76. The third kappa shape index (κ3) is 6.46. The zero-order chi connectivity index (χ0) is 30.9. The first kappa shape index (κ1) is 31.8. The molecule has 0 aromatic heterocycles. The van der Waals surface area contributed by atoms with E-state index in [0.29, 0.717) is 41.7 Å². The Morgan fingerprint density at radius 2 is 1.70 bits per heavy atom. The van der Waals surface area contributed by atoms with Crippen molar-refractivity contribution in [2.75, 3.05) is 43.9 Å². The van der Waals surface area contributed by atoms with Crippen LogP contribution in [-0.4, -0.2) is 63.6 Å². The van der Waals surface area contributed by atoms with Crippen LogP contribution in [-0.2, 0) is 15.3 Å². The average Bonchev–Trinajstić information content (AvgIpc) is 3.23. The van der Waals surface area contributed by atoms with Crippen LogP contribution in [0.4, 0.5) is 5.69 Å². The minimum atomic E-state index is -3.44. The lowest BCUT2D eigenvalue weighted by Gasteiger charge is -2.41. The fourth-order valence-electron chi connectivity index (χ4n) is 7.30. The molecule has 1 unspecified atom stereocenters. The molecule has 9 heteroatoms. The van der Waals surface area contributed by atoms with Crippen LogP contribution < -0.4 is 10.2 Å². The molecule has 3 aromatic carbocycles. The third-order valence-electron chi connectivity index (χ3n) is 9.12. The summed E-state index contributed by atoms with van der Waals surface area (Å²) in [6.07, 6.45) is 3.53. The van der Waals surface area contributed by atoms with Gasteiger partial charge in [0.05, 0.1) is 10.0 Å². The molecule has 1 spiro atoms. The van der Waals surface area contributed by atoms with Crippen molar-refractivity contribution >= 4 is 44.6 Å². The van der Waals surface area contributed by atoms with Gasteiger partial charge in [-0.05, 0) is 94.6 Å². The first-order valence-electron chi connectivity index (χ1n) is 15.0. The van der Waals surface area contributed by atoms with E-state index in [1.807, 2.05) is 62.1 Å². The topological polar surface area (TPSA) is 69.7 Å². The van der Waals surface area contributed by atoms with E-state index >= 15 is 0 Å². The van der Waals surface area contributed by atoms with Gasteiger partial charge in [0.15, 0.2) is 9.84 Å². The number of anilines is 1. The van der Waals surface area contributed by atoms with Crippen LogP contribution in [0.2, 0.25) is 10.0 Å². The van der Waals surface area contributed by atoms with Crippen LogP contribution >= 0.6 is 23.2 Å². The molecule has 3 aromatic rings. The maximum atomic E-state index is 13.8. The maximum absolute atomic E-state index is 13.8. The first-order valence-corrected chi connectivity index (χ1v) is 17.7. The molecule has 1 fully saturated rings. The van der Waals surface area contributed by atoms with Crippen LogP contribution in [0.1, 0.15) is 64.7 Å². The number of para-hydroxylation sites is 1. The normalized spacial score (nSPS) is 18.5. The molecule has 0 radical (unpaired) electrons. The molecule has 0 saturated carbocycles. The summed E-state index contributed by atoms with van der Waals surface area (Å²) >= 11 is 12.8. The number of piperidine rings is 1. The second kappa shape index (κ2) is 12.8. The standard InChI is InChI=1S/C34H41Cl2N3O3S/c1-5-38(32(40)27-19-23(2)18-24(3)20-27)22-26(25-10-11-29(35)30(36)21-25)12-17-39-31-9-7-6-8-28(31)34(13-15-37-16-14-34)33(39)43(4,41)42/h6-11,18-21,26,33,37H,5,12-17,22H2,1-4H3/t26-,33?/m1/s1. The van der Waals surface area contributed by atoms with Crippen molar-refractivity contribution in [3.05, 3.63) is 98.5 Å². The highest BCUT2D eigenvalue weighted by atomic mass is 35.5. The number of nitrogens with zero attached hydrogens (tertiary/aromatic N) is 2. The molecule has 5 rings (SSSR count). The van der Waals surface area contributed by atoms with Crippen LogP contribution in [0.15, 0.2) is 60.7 Å². The zero-order valence-electron chi connectivity index (χ0n) is 25.4. The number of hydrogen-bond acceptors (Lipinski definition) is 5. The van der Waals surface area contributed by atoms with E-state index in [1.54, 1.807) is 6.07 Å². The number of nitrogens with one attached hydrogen (secondary N) is 1. The maximum Gasteiger partial charge on any atom is 0.253 e. The SMILES string of the molecule is CCN(C[C@@H](CCN1c2ccccc2C2(CCNCC2)C1S(C)(=O)=O)c1ccc(Cl)c(Cl)c1)C(=O)c1cc(C)cc(C)c1. The molecular formula is C34H41Cl2N3O3S. The van der Waals surface area contributed by atoms with Gasteiger partial charge in [-0.3, -0.25) is 4.79 Å². The number of benzene rings is 3. The van der Waals surface area contributed by atoms with Crippen molar-refractivity contribution in [3.63, 3.8) is 0 Å². The fourth-order valence-corrected chi connectivity index (χ4v) is 9.47. The van der Waals surface area contributed by atoms with Gasteiger partial charge in [-0.15, -0.1) is 0 Å². The summed E-state index contributed by atoms with van der Waals surface area (Å²) in [7, 11) is -3.44. The van der Waals surface area contributed by atoms with E-state index in [-0.39, 0.29) is 11.8 Å². The van der Waals surface area contributed by atoms with E-state index in [1.165, 1.54) is 6.26 Å². The Morgan fingerprint density at radius 3 is 2.33 bits per heavy atom. The molecule has 1 amide bonds. The minimum Gasteiger partial charge on any atom is -0.354 e. The van der Waals surface area contributed by atoms with Gasteiger partial charge in [0, 0.05) is 48.5 Å². The number of halogens is 2. The van der Waals surface area contributed by atoms with Gasteiger partial charge >= 0.3 is 0 Å². The van der Waals surface area contributed by atoms with E-state index in [4.69, 9.17) is 23.2 Å². The van der Waals surface area contributed by atoms with Gasteiger partial charge in [-0.1, -0.05) is 64.7 Å². The molecule has 43 heavy (non-hydrogen) atoms. The van der Waals surface area contributed by atoms with E-state index < -0.39 is 20.6 Å². The summed E-state index contributed by atoms with van der Waals surface area (Å²) in [5.41, 5.74) is 5.40. The zero-order valence-corrected chi connectivity index (χ0v) is 27.7. The molecule has 1 saturated heterocycles. The Balaban J connectivity index is 1.49. The van der Waals surface area contributed by atoms with Crippen molar-refractivity contribution in [2.45, 2.75) is 56.7 Å². The van der Waals surface area contributed by atoms with Crippen LogP contribution in [0.25, 0.3) is 0 Å².